The van der Waals surface area contributed by atoms with Crippen molar-refractivity contribution in [1.82, 2.24) is 19.7 Å². The zero-order chi connectivity index (χ0) is 23.4. The molecule has 0 N–H and O–H groups in total. The van der Waals surface area contributed by atoms with Crippen molar-refractivity contribution in [2.75, 3.05) is 52.9 Å². The molecule has 0 aliphatic carbocycles. The molecule has 4 rings (SSSR count). The van der Waals surface area contributed by atoms with Crippen molar-refractivity contribution in [1.29, 1.82) is 0 Å². The highest BCUT2D eigenvalue weighted by Gasteiger charge is 2.42. The predicted octanol–water partition coefficient (Wildman–Crippen LogP) is 3.10. The number of oxazole rings is 1. The summed E-state index contributed by atoms with van der Waals surface area (Å²) in [5.41, 5.74) is -0.166. The van der Waals surface area contributed by atoms with E-state index in [1.165, 1.54) is 6.39 Å². The van der Waals surface area contributed by atoms with E-state index in [4.69, 9.17) is 20.8 Å². The first-order chi connectivity index (χ1) is 15.8. The van der Waals surface area contributed by atoms with Gasteiger partial charge in [-0.05, 0) is 45.0 Å². The third-order valence-corrected chi connectivity index (χ3v) is 6.85. The lowest BCUT2D eigenvalue weighted by Crippen LogP contribution is -2.53. The predicted molar refractivity (Wildman–Crippen MR) is 124 cm³/mol. The maximum absolute atomic E-state index is 13.3. The zero-order valence-electron chi connectivity index (χ0n) is 19.3. The number of halogens is 1. The number of aryl methyl sites for hydroxylation is 1. The van der Waals surface area contributed by atoms with Gasteiger partial charge in [-0.3, -0.25) is 9.59 Å². The number of hydrogen-bond acceptors (Lipinski definition) is 6. The Morgan fingerprint density at radius 1 is 1.18 bits per heavy atom. The zero-order valence-corrected chi connectivity index (χ0v) is 20.0. The van der Waals surface area contributed by atoms with E-state index in [1.807, 2.05) is 17.0 Å². The Hall–Kier alpha value is -2.58. The summed E-state index contributed by atoms with van der Waals surface area (Å²) in [6, 6.07) is 7.25. The molecule has 8 nitrogen and oxygen atoms in total. The number of piperazine rings is 1. The fourth-order valence-electron chi connectivity index (χ4n) is 4.64. The molecule has 2 aliphatic rings. The molecule has 33 heavy (non-hydrogen) atoms. The Morgan fingerprint density at radius 3 is 2.67 bits per heavy atom. The number of hydrogen-bond donors (Lipinski definition) is 0. The van der Waals surface area contributed by atoms with Gasteiger partial charge in [0.2, 0.25) is 5.91 Å². The van der Waals surface area contributed by atoms with Crippen LogP contribution in [0.4, 0.5) is 0 Å². The monoisotopic (exact) mass is 474 g/mol. The molecule has 9 heteroatoms. The van der Waals surface area contributed by atoms with Crippen molar-refractivity contribution >= 4 is 23.4 Å². The van der Waals surface area contributed by atoms with E-state index in [1.54, 1.807) is 24.0 Å². The second-order valence-corrected chi connectivity index (χ2v) is 9.63. The summed E-state index contributed by atoms with van der Waals surface area (Å²) in [5, 5.41) is 0.594. The molecule has 0 spiro atoms. The maximum Gasteiger partial charge on any atom is 0.276 e. The van der Waals surface area contributed by atoms with Gasteiger partial charge in [0.25, 0.3) is 5.91 Å². The van der Waals surface area contributed by atoms with Gasteiger partial charge in [0, 0.05) is 56.1 Å². The second kappa shape index (κ2) is 10.1. The second-order valence-electron chi connectivity index (χ2n) is 9.19. The van der Waals surface area contributed by atoms with Crippen LogP contribution in [0.1, 0.15) is 35.5 Å². The molecule has 0 saturated carbocycles. The fourth-order valence-corrected chi connectivity index (χ4v) is 4.82. The molecular weight excluding hydrogens is 444 g/mol. The Morgan fingerprint density at radius 2 is 1.97 bits per heavy atom. The lowest BCUT2D eigenvalue weighted by molar-refractivity contribution is -0.137. The van der Waals surface area contributed by atoms with Crippen LogP contribution in [0.5, 0.6) is 5.75 Å². The van der Waals surface area contributed by atoms with Gasteiger partial charge in [-0.1, -0.05) is 17.7 Å². The van der Waals surface area contributed by atoms with E-state index in [0.717, 1.165) is 39.0 Å². The van der Waals surface area contributed by atoms with Crippen molar-refractivity contribution in [2.45, 2.75) is 26.2 Å². The van der Waals surface area contributed by atoms with Crippen LogP contribution < -0.4 is 4.74 Å². The van der Waals surface area contributed by atoms with Crippen molar-refractivity contribution < 1.29 is 18.7 Å². The maximum atomic E-state index is 13.3. The molecule has 1 atom stereocenters. The highest BCUT2D eigenvalue weighted by Crippen LogP contribution is 2.36. The molecule has 0 radical (unpaired) electrons. The van der Waals surface area contributed by atoms with E-state index < -0.39 is 5.41 Å². The van der Waals surface area contributed by atoms with Crippen molar-refractivity contribution in [2.24, 2.45) is 5.41 Å². The summed E-state index contributed by atoms with van der Waals surface area (Å²) < 4.78 is 11.4. The Kier molecular flexibility index (Phi) is 7.24. The number of likely N-dealkylation sites (tertiary alicyclic amines) is 1. The summed E-state index contributed by atoms with van der Waals surface area (Å²) in [4.78, 5) is 36.5. The largest absolute Gasteiger partial charge is 0.493 e. The van der Waals surface area contributed by atoms with Gasteiger partial charge >= 0.3 is 0 Å². The lowest BCUT2D eigenvalue weighted by atomic mass is 9.77. The van der Waals surface area contributed by atoms with Crippen LogP contribution in [0, 0.1) is 12.3 Å². The molecule has 2 amide bonds. The summed E-state index contributed by atoms with van der Waals surface area (Å²) >= 11 is 6.12. The highest BCUT2D eigenvalue weighted by molar-refractivity contribution is 6.30. The number of amides is 2. The minimum atomic E-state index is -0.492. The van der Waals surface area contributed by atoms with Crippen LogP contribution in [0.2, 0.25) is 5.02 Å². The van der Waals surface area contributed by atoms with Crippen LogP contribution in [0.25, 0.3) is 0 Å². The number of ether oxygens (including phenoxy) is 1. The van der Waals surface area contributed by atoms with Crippen LogP contribution in [0.3, 0.4) is 0 Å². The van der Waals surface area contributed by atoms with E-state index >= 15 is 0 Å². The van der Waals surface area contributed by atoms with Crippen molar-refractivity contribution in [3.05, 3.63) is 47.1 Å². The standard InChI is InChI=1S/C24H31ClN4O4/c1-18-22(26-17-33-18)23(31)29-8-4-7-24(15-29,16-32-20-6-3-5-19(25)13-20)14-21(30)28-11-9-27(2)10-12-28/h3,5-6,13,17H,4,7-12,14-16H2,1-2H3/t24-/m0/s1. The number of benzene rings is 1. The van der Waals surface area contributed by atoms with Gasteiger partial charge in [0.05, 0.1) is 6.61 Å². The van der Waals surface area contributed by atoms with Gasteiger partial charge in [-0.2, -0.15) is 0 Å². The molecule has 1 aromatic carbocycles. The average Bonchev–Trinajstić information content (AvgIpc) is 3.24. The molecular formula is C24H31ClN4O4. The number of rotatable bonds is 6. The van der Waals surface area contributed by atoms with Crippen LogP contribution in [0.15, 0.2) is 35.1 Å². The summed E-state index contributed by atoms with van der Waals surface area (Å²) in [6.45, 7) is 6.29. The quantitative estimate of drug-likeness (QED) is 0.640. The number of carbonyl (C=O) groups is 2. The Bertz CT molecular complexity index is 988. The molecule has 3 heterocycles. The normalized spacial score (nSPS) is 21.8. The topological polar surface area (TPSA) is 79.1 Å². The fraction of sp³-hybridized carbons (Fsp3) is 0.542. The van der Waals surface area contributed by atoms with Crippen LogP contribution in [-0.2, 0) is 4.79 Å². The van der Waals surface area contributed by atoms with E-state index in [-0.39, 0.29) is 11.8 Å². The number of piperidine rings is 1. The molecule has 178 valence electrons. The lowest BCUT2D eigenvalue weighted by Gasteiger charge is -2.43. The summed E-state index contributed by atoms with van der Waals surface area (Å²) in [5.74, 6) is 1.11. The smallest absolute Gasteiger partial charge is 0.276 e. The number of carbonyl (C=O) groups excluding carboxylic acids is 2. The SMILES string of the molecule is Cc1ocnc1C(=O)N1CCC[C@](COc2cccc(Cl)c2)(CC(=O)N2CCN(C)CC2)C1. The molecule has 2 aliphatic heterocycles. The molecule has 2 fully saturated rings. The first-order valence-electron chi connectivity index (χ1n) is 11.4. The average molecular weight is 475 g/mol. The first-order valence-corrected chi connectivity index (χ1v) is 11.8. The van der Waals surface area contributed by atoms with Gasteiger partial charge < -0.3 is 23.9 Å². The molecule has 2 saturated heterocycles. The third-order valence-electron chi connectivity index (χ3n) is 6.62. The van der Waals surface area contributed by atoms with Crippen LogP contribution >= 0.6 is 11.6 Å². The minimum Gasteiger partial charge on any atom is -0.493 e. The molecule has 0 bridgehead atoms. The van der Waals surface area contributed by atoms with Gasteiger partial charge in [-0.15, -0.1) is 0 Å². The van der Waals surface area contributed by atoms with E-state index in [9.17, 15) is 9.59 Å². The van der Waals surface area contributed by atoms with Gasteiger partial charge in [0.15, 0.2) is 12.1 Å². The molecule has 1 aromatic heterocycles. The minimum absolute atomic E-state index is 0.115. The molecule has 0 unspecified atom stereocenters. The van der Waals surface area contributed by atoms with E-state index in [2.05, 4.69) is 16.9 Å². The third kappa shape index (κ3) is 5.68. The van der Waals surface area contributed by atoms with Crippen molar-refractivity contribution in [3.63, 3.8) is 0 Å². The number of likely N-dealkylation sites (N-methyl/N-ethyl adjacent to an activating group) is 1. The Balaban J connectivity index is 1.52. The summed E-state index contributed by atoms with van der Waals surface area (Å²) in [7, 11) is 2.07. The van der Waals surface area contributed by atoms with Crippen molar-refractivity contribution in [3.8, 4) is 5.75 Å². The first kappa shape index (κ1) is 23.6. The highest BCUT2D eigenvalue weighted by atomic mass is 35.5. The van der Waals surface area contributed by atoms with Gasteiger partial charge in [-0.25, -0.2) is 4.98 Å². The Labute approximate surface area is 199 Å². The van der Waals surface area contributed by atoms with Crippen LogP contribution in [-0.4, -0.2) is 84.4 Å². The number of aromatic nitrogens is 1. The van der Waals surface area contributed by atoms with Gasteiger partial charge in [0.1, 0.15) is 11.5 Å². The van der Waals surface area contributed by atoms with E-state index in [0.29, 0.717) is 48.3 Å². The summed E-state index contributed by atoms with van der Waals surface area (Å²) in [6.07, 6.45) is 3.21. The number of nitrogens with zero attached hydrogens (tertiary/aromatic N) is 4. The molecule has 2 aromatic rings.